The van der Waals surface area contributed by atoms with E-state index in [2.05, 4.69) is 19.9 Å². The Morgan fingerprint density at radius 2 is 1.78 bits per heavy atom. The molecule has 6 rings (SSSR count). The molecule has 1 aliphatic carbocycles. The standard InChI is InChI=1S/C41H49F3N6O8/c1-39(2,25-56-13-5-3-4-12-55-24-30(46)8-7-29(45)20-49-19-26(22-51)18-47-49)37-15-27-14-33(32(42)17-34(27)50(37)21-31(53)23-52)48-38(54)40(10-11-40)28-6-9-35-36(16-28)58-41(43,44)57-35/h6-9,14-19,22,31,52-53H,3-5,10-13,20-21,23-25,45-46H2,1-2H3,(H,48,54)/b29-7-,30-8-. The van der Waals surface area contributed by atoms with Gasteiger partial charge in [-0.15, -0.1) is 8.78 Å². The molecular weight excluding hydrogens is 761 g/mol. The van der Waals surface area contributed by atoms with E-state index < -0.39 is 41.6 Å². The van der Waals surface area contributed by atoms with E-state index in [0.29, 0.717) is 78.9 Å². The molecule has 58 heavy (non-hydrogen) atoms. The number of carbonyl (C=O) groups excluding carboxylic acids is 2. The van der Waals surface area contributed by atoms with Crippen LogP contribution in [0.15, 0.2) is 72.3 Å². The van der Waals surface area contributed by atoms with E-state index in [1.54, 1.807) is 27.6 Å². The molecule has 2 aromatic carbocycles. The number of unbranched alkanes of at least 4 members (excludes halogenated alkanes) is 2. The van der Waals surface area contributed by atoms with E-state index in [1.165, 1.54) is 36.5 Å². The van der Waals surface area contributed by atoms with Gasteiger partial charge in [0.1, 0.15) is 5.82 Å². The first-order valence-corrected chi connectivity index (χ1v) is 19.0. The Labute approximate surface area is 333 Å². The number of alkyl halides is 2. The van der Waals surface area contributed by atoms with E-state index in [1.807, 2.05) is 19.9 Å². The third-order valence-electron chi connectivity index (χ3n) is 10.1. The zero-order valence-corrected chi connectivity index (χ0v) is 32.4. The van der Waals surface area contributed by atoms with Gasteiger partial charge in [0.05, 0.1) is 67.4 Å². The van der Waals surface area contributed by atoms with Crippen LogP contribution >= 0.6 is 0 Å². The number of allylic oxidation sites excluding steroid dienone is 3. The average molecular weight is 811 g/mol. The van der Waals surface area contributed by atoms with E-state index in [4.69, 9.17) is 20.9 Å². The number of hydrogen-bond donors (Lipinski definition) is 5. The molecule has 0 saturated heterocycles. The topological polar surface area (TPSA) is 198 Å². The zero-order chi connectivity index (χ0) is 41.7. The van der Waals surface area contributed by atoms with Crippen LogP contribution in [0, 0.1) is 5.82 Å². The number of anilines is 1. The number of halogens is 3. The number of aldehydes is 1. The van der Waals surface area contributed by atoms with Crippen molar-refractivity contribution >= 4 is 28.8 Å². The van der Waals surface area contributed by atoms with Crippen molar-refractivity contribution in [3.63, 3.8) is 0 Å². The molecule has 2 aliphatic rings. The second-order valence-corrected chi connectivity index (χ2v) is 15.4. The van der Waals surface area contributed by atoms with Crippen molar-refractivity contribution in [1.82, 2.24) is 14.3 Å². The summed E-state index contributed by atoms with van der Waals surface area (Å²) < 4.78 is 67.1. The quantitative estimate of drug-likeness (QED) is 0.0431. The van der Waals surface area contributed by atoms with Gasteiger partial charge in [0.15, 0.2) is 17.8 Å². The highest BCUT2D eigenvalue weighted by molar-refractivity contribution is 6.03. The smallest absolute Gasteiger partial charge is 0.401 e. The molecular formula is C41H49F3N6O8. The highest BCUT2D eigenvalue weighted by atomic mass is 19.3. The molecule has 312 valence electrons. The van der Waals surface area contributed by atoms with Gasteiger partial charge in [-0.2, -0.15) is 5.10 Å². The van der Waals surface area contributed by atoms with Gasteiger partial charge in [-0.3, -0.25) is 14.3 Å². The molecule has 17 heteroatoms. The maximum Gasteiger partial charge on any atom is 0.586 e. The Morgan fingerprint density at radius 1 is 1.05 bits per heavy atom. The van der Waals surface area contributed by atoms with Crippen molar-refractivity contribution in [3.8, 4) is 11.5 Å². The summed E-state index contributed by atoms with van der Waals surface area (Å²) in [6.07, 6.45) is 5.52. The molecule has 1 saturated carbocycles. The van der Waals surface area contributed by atoms with Gasteiger partial charge < -0.3 is 50.5 Å². The molecule has 14 nitrogen and oxygen atoms in total. The number of hydrogen-bond acceptors (Lipinski definition) is 11. The molecule has 2 aromatic heterocycles. The molecule has 0 radical (unpaired) electrons. The fourth-order valence-corrected chi connectivity index (χ4v) is 6.87. The van der Waals surface area contributed by atoms with Gasteiger partial charge in [-0.25, -0.2) is 4.39 Å². The van der Waals surface area contributed by atoms with Gasteiger partial charge in [0.2, 0.25) is 5.91 Å². The lowest BCUT2D eigenvalue weighted by atomic mass is 9.90. The van der Waals surface area contributed by atoms with Gasteiger partial charge in [0, 0.05) is 53.4 Å². The fraction of sp³-hybridized carbons (Fsp3) is 0.439. The molecule has 7 N–H and O–H groups in total. The summed E-state index contributed by atoms with van der Waals surface area (Å²) in [5, 5.41) is 27.4. The molecule has 3 heterocycles. The third-order valence-corrected chi connectivity index (χ3v) is 10.1. The largest absolute Gasteiger partial charge is 0.586 e. The van der Waals surface area contributed by atoms with Crippen molar-refractivity contribution in [3.05, 3.63) is 95.0 Å². The number of nitrogens with zero attached hydrogens (tertiary/aromatic N) is 3. The van der Waals surface area contributed by atoms with Crippen LogP contribution in [0.2, 0.25) is 0 Å². The second-order valence-electron chi connectivity index (χ2n) is 15.4. The van der Waals surface area contributed by atoms with Gasteiger partial charge in [0.25, 0.3) is 0 Å². The highest BCUT2D eigenvalue weighted by Gasteiger charge is 2.53. The lowest BCUT2D eigenvalue weighted by Crippen LogP contribution is -2.30. The summed E-state index contributed by atoms with van der Waals surface area (Å²) in [6.45, 7) is 5.30. The summed E-state index contributed by atoms with van der Waals surface area (Å²) in [6, 6.07) is 8.87. The van der Waals surface area contributed by atoms with Crippen LogP contribution in [0.1, 0.15) is 67.6 Å². The predicted molar refractivity (Wildman–Crippen MR) is 208 cm³/mol. The Balaban J connectivity index is 1.01. The summed E-state index contributed by atoms with van der Waals surface area (Å²) in [4.78, 5) is 24.4. The number of aromatic nitrogens is 3. The van der Waals surface area contributed by atoms with E-state index >= 15 is 4.39 Å². The van der Waals surface area contributed by atoms with Crippen LogP contribution in [0.5, 0.6) is 11.5 Å². The minimum atomic E-state index is -3.79. The second kappa shape index (κ2) is 17.6. The van der Waals surface area contributed by atoms with Gasteiger partial charge in [-0.05, 0) is 74.1 Å². The van der Waals surface area contributed by atoms with Crippen LogP contribution in [0.4, 0.5) is 18.9 Å². The van der Waals surface area contributed by atoms with Crippen molar-refractivity contribution in [2.75, 3.05) is 38.4 Å². The van der Waals surface area contributed by atoms with Gasteiger partial charge in [-0.1, -0.05) is 19.9 Å². The number of nitrogens with one attached hydrogen (secondary N) is 1. The Kier molecular flexibility index (Phi) is 12.9. The van der Waals surface area contributed by atoms with Crippen LogP contribution in [0.3, 0.4) is 0 Å². The number of fused-ring (bicyclic) bond motifs is 2. The van der Waals surface area contributed by atoms with E-state index in [0.717, 1.165) is 25.0 Å². The summed E-state index contributed by atoms with van der Waals surface area (Å²) in [5.74, 6) is -1.50. The zero-order valence-electron chi connectivity index (χ0n) is 32.4. The summed E-state index contributed by atoms with van der Waals surface area (Å²) in [7, 11) is 0. The Hall–Kier alpha value is -5.36. The predicted octanol–water partition coefficient (Wildman–Crippen LogP) is 5.00. The van der Waals surface area contributed by atoms with Crippen molar-refractivity contribution in [1.29, 1.82) is 0 Å². The number of carbonyl (C=O) groups is 2. The fourth-order valence-electron chi connectivity index (χ4n) is 6.87. The van der Waals surface area contributed by atoms with Crippen LogP contribution in [-0.4, -0.2) is 82.2 Å². The van der Waals surface area contributed by atoms with Crippen LogP contribution in [-0.2, 0) is 38.2 Å². The third kappa shape index (κ3) is 10.0. The number of ether oxygens (including phenoxy) is 4. The van der Waals surface area contributed by atoms with Crippen molar-refractivity contribution in [2.24, 2.45) is 11.5 Å². The number of rotatable bonds is 21. The van der Waals surface area contributed by atoms with Gasteiger partial charge >= 0.3 is 6.29 Å². The first-order chi connectivity index (χ1) is 27.6. The maximum absolute atomic E-state index is 15.7. The lowest BCUT2D eigenvalue weighted by Gasteiger charge is -2.27. The minimum absolute atomic E-state index is 0.00588. The number of nitrogens with two attached hydrogens (primary N) is 2. The molecule has 4 aromatic rings. The summed E-state index contributed by atoms with van der Waals surface area (Å²) in [5.41, 5.74) is 13.5. The number of aliphatic hydroxyl groups excluding tert-OH is 2. The van der Waals surface area contributed by atoms with E-state index in [-0.39, 0.29) is 30.3 Å². The van der Waals surface area contributed by atoms with Crippen molar-refractivity contribution < 1.29 is 51.9 Å². The molecule has 1 atom stereocenters. The molecule has 1 unspecified atom stereocenters. The molecule has 1 fully saturated rings. The highest BCUT2D eigenvalue weighted by Crippen LogP contribution is 2.52. The lowest BCUT2D eigenvalue weighted by molar-refractivity contribution is -0.286. The monoisotopic (exact) mass is 810 g/mol. The first kappa shape index (κ1) is 42.3. The maximum atomic E-state index is 15.7. The number of benzene rings is 2. The molecule has 0 spiro atoms. The average Bonchev–Trinajstić information content (AvgIpc) is 3.60. The number of aliphatic hydroxyl groups is 2. The molecule has 0 bridgehead atoms. The molecule has 1 amide bonds. The van der Waals surface area contributed by atoms with Crippen LogP contribution < -0.4 is 26.3 Å². The Bertz CT molecular complexity index is 2180. The SMILES string of the molecule is CC(C)(COCCCCCOC/C(N)=C/C=C(\N)Cn1cc(C=O)cn1)c1cc2cc(NC(=O)C3(c4ccc5c(c4)OC(F)(F)O5)CC3)c(F)cc2n1CC(O)CO. The minimum Gasteiger partial charge on any atom is -0.401 e. The van der Waals surface area contributed by atoms with Crippen LogP contribution in [0.25, 0.3) is 10.9 Å². The Morgan fingerprint density at radius 3 is 2.48 bits per heavy atom. The van der Waals surface area contributed by atoms with Crippen molar-refractivity contribution in [2.45, 2.75) is 82.3 Å². The van der Waals surface area contributed by atoms with E-state index in [9.17, 15) is 28.6 Å². The summed E-state index contributed by atoms with van der Waals surface area (Å²) >= 11 is 0. The molecule has 1 aliphatic heterocycles. The first-order valence-electron chi connectivity index (χ1n) is 19.0. The normalized spacial score (nSPS) is 16.5. The number of amides is 1.